The van der Waals surface area contributed by atoms with Gasteiger partial charge in [-0.25, -0.2) is 8.42 Å². The van der Waals surface area contributed by atoms with E-state index in [-0.39, 0.29) is 16.6 Å². The number of hydrogen-bond donors (Lipinski definition) is 1. The van der Waals surface area contributed by atoms with Crippen molar-refractivity contribution in [2.24, 2.45) is 0 Å². The molecule has 1 heterocycles. The number of fused-ring (bicyclic) bond motifs is 1. The lowest BCUT2D eigenvalue weighted by molar-refractivity contribution is 0.102. The Kier molecular flexibility index (Phi) is 4.34. The number of amides is 1. The Bertz CT molecular complexity index is 1010. The highest BCUT2D eigenvalue weighted by Crippen LogP contribution is 2.31. The quantitative estimate of drug-likeness (QED) is 0.756. The van der Waals surface area contributed by atoms with Crippen LogP contribution in [0.3, 0.4) is 0 Å². The molecule has 0 unspecified atom stereocenters. The Labute approximate surface area is 144 Å². The SMILES string of the molecule is CCS(=O)(=O)c1ccc(C(=O)Nc2ccc(Cl)c3ccoc23)cc1. The van der Waals surface area contributed by atoms with Crippen LogP contribution in [0.4, 0.5) is 5.69 Å². The number of carbonyl (C=O) groups is 1. The highest BCUT2D eigenvalue weighted by Gasteiger charge is 2.15. The van der Waals surface area contributed by atoms with Gasteiger partial charge in [0.25, 0.3) is 5.91 Å². The van der Waals surface area contributed by atoms with Gasteiger partial charge in [-0.3, -0.25) is 4.79 Å². The molecule has 2 aromatic carbocycles. The van der Waals surface area contributed by atoms with Gasteiger partial charge < -0.3 is 9.73 Å². The Balaban J connectivity index is 1.87. The first-order valence-corrected chi connectivity index (χ1v) is 9.25. The minimum atomic E-state index is -3.29. The fraction of sp³-hybridized carbons (Fsp3) is 0.118. The van der Waals surface area contributed by atoms with Gasteiger partial charge in [-0.1, -0.05) is 18.5 Å². The molecule has 1 N–H and O–H groups in total. The standard InChI is InChI=1S/C17H14ClNO4S/c1-2-24(21,22)12-5-3-11(4-6-12)17(20)19-15-8-7-14(18)13-9-10-23-16(13)15/h3-10H,2H2,1H3,(H,19,20). The van der Waals surface area contributed by atoms with E-state index in [1.807, 2.05) is 0 Å². The average Bonchev–Trinajstić information content (AvgIpc) is 3.08. The van der Waals surface area contributed by atoms with Crippen molar-refractivity contribution in [2.45, 2.75) is 11.8 Å². The zero-order valence-corrected chi connectivity index (χ0v) is 14.3. The van der Waals surface area contributed by atoms with E-state index in [1.54, 1.807) is 25.1 Å². The lowest BCUT2D eigenvalue weighted by Gasteiger charge is -2.07. The monoisotopic (exact) mass is 363 g/mol. The molecule has 0 atom stereocenters. The van der Waals surface area contributed by atoms with Crippen molar-refractivity contribution in [3.63, 3.8) is 0 Å². The number of carbonyl (C=O) groups excluding carboxylic acids is 1. The van der Waals surface area contributed by atoms with Crippen LogP contribution in [0.2, 0.25) is 5.02 Å². The van der Waals surface area contributed by atoms with E-state index < -0.39 is 9.84 Å². The van der Waals surface area contributed by atoms with Crippen molar-refractivity contribution >= 4 is 44.0 Å². The molecule has 3 aromatic rings. The summed E-state index contributed by atoms with van der Waals surface area (Å²) in [7, 11) is -3.29. The lowest BCUT2D eigenvalue weighted by atomic mass is 10.2. The average molecular weight is 364 g/mol. The summed E-state index contributed by atoms with van der Waals surface area (Å²) in [4.78, 5) is 12.6. The second-order valence-electron chi connectivity index (χ2n) is 5.14. The molecule has 0 bridgehead atoms. The molecular formula is C17H14ClNO4S. The first-order chi connectivity index (χ1) is 11.4. The maximum absolute atomic E-state index is 12.4. The molecule has 0 saturated carbocycles. The van der Waals surface area contributed by atoms with Gasteiger partial charge in [0.1, 0.15) is 0 Å². The van der Waals surface area contributed by atoms with Gasteiger partial charge in [0, 0.05) is 10.9 Å². The number of anilines is 1. The zero-order chi connectivity index (χ0) is 17.3. The number of sulfone groups is 1. The molecule has 5 nitrogen and oxygen atoms in total. The number of hydrogen-bond acceptors (Lipinski definition) is 4. The summed E-state index contributed by atoms with van der Waals surface area (Å²) in [5, 5.41) is 3.99. The van der Waals surface area contributed by atoms with Crippen LogP contribution in [0.15, 0.2) is 58.0 Å². The molecule has 0 saturated heterocycles. The summed E-state index contributed by atoms with van der Waals surface area (Å²) >= 11 is 6.07. The molecule has 0 aliphatic rings. The molecule has 0 spiro atoms. The Hall–Kier alpha value is -2.31. The topological polar surface area (TPSA) is 76.4 Å². The van der Waals surface area contributed by atoms with Crippen LogP contribution in [0.25, 0.3) is 11.0 Å². The molecule has 0 aliphatic heterocycles. The van der Waals surface area contributed by atoms with Crippen molar-refractivity contribution in [3.8, 4) is 0 Å². The minimum Gasteiger partial charge on any atom is -0.462 e. The van der Waals surface area contributed by atoms with E-state index in [1.165, 1.54) is 30.5 Å². The molecule has 7 heteroatoms. The predicted molar refractivity (Wildman–Crippen MR) is 93.3 cm³/mol. The van der Waals surface area contributed by atoms with E-state index in [2.05, 4.69) is 5.32 Å². The molecular weight excluding hydrogens is 350 g/mol. The number of halogens is 1. The van der Waals surface area contributed by atoms with Crippen molar-refractivity contribution in [1.29, 1.82) is 0 Å². The lowest BCUT2D eigenvalue weighted by Crippen LogP contribution is -2.12. The highest BCUT2D eigenvalue weighted by atomic mass is 35.5. The molecule has 1 amide bonds. The highest BCUT2D eigenvalue weighted by molar-refractivity contribution is 7.91. The van der Waals surface area contributed by atoms with Gasteiger partial charge in [-0.2, -0.15) is 0 Å². The maximum atomic E-state index is 12.4. The van der Waals surface area contributed by atoms with Gasteiger partial charge in [0.15, 0.2) is 15.4 Å². The molecule has 24 heavy (non-hydrogen) atoms. The van der Waals surface area contributed by atoms with E-state index in [9.17, 15) is 13.2 Å². The third kappa shape index (κ3) is 3.02. The van der Waals surface area contributed by atoms with Crippen LogP contribution in [0.5, 0.6) is 0 Å². The molecule has 0 aliphatic carbocycles. The number of benzene rings is 2. The first-order valence-electron chi connectivity index (χ1n) is 7.22. The molecule has 1 aromatic heterocycles. The zero-order valence-electron chi connectivity index (χ0n) is 12.7. The summed E-state index contributed by atoms with van der Waals surface area (Å²) in [6.45, 7) is 1.57. The number of nitrogens with one attached hydrogen (secondary N) is 1. The molecule has 0 fully saturated rings. The van der Waals surface area contributed by atoms with Crippen molar-refractivity contribution in [3.05, 3.63) is 59.3 Å². The fourth-order valence-corrected chi connectivity index (χ4v) is 3.40. The van der Waals surface area contributed by atoms with Crippen molar-refractivity contribution in [1.82, 2.24) is 0 Å². The second-order valence-corrected chi connectivity index (χ2v) is 7.83. The van der Waals surface area contributed by atoms with Crippen LogP contribution in [0.1, 0.15) is 17.3 Å². The van der Waals surface area contributed by atoms with Crippen LogP contribution >= 0.6 is 11.6 Å². The van der Waals surface area contributed by atoms with Crippen LogP contribution in [-0.4, -0.2) is 20.1 Å². The van der Waals surface area contributed by atoms with Crippen LogP contribution in [0, 0.1) is 0 Å². The van der Waals surface area contributed by atoms with Crippen molar-refractivity contribution in [2.75, 3.05) is 11.1 Å². The second kappa shape index (κ2) is 6.30. The Morgan fingerprint density at radius 1 is 1.12 bits per heavy atom. The van der Waals surface area contributed by atoms with E-state index in [4.69, 9.17) is 16.0 Å². The summed E-state index contributed by atoms with van der Waals surface area (Å²) in [5.41, 5.74) is 1.33. The minimum absolute atomic E-state index is 0.0137. The smallest absolute Gasteiger partial charge is 0.255 e. The third-order valence-corrected chi connectivity index (χ3v) is 5.75. The van der Waals surface area contributed by atoms with Gasteiger partial charge in [-0.15, -0.1) is 0 Å². The summed E-state index contributed by atoms with van der Waals surface area (Å²) in [5.74, 6) is -0.352. The molecule has 0 radical (unpaired) electrons. The van der Waals surface area contributed by atoms with Gasteiger partial charge in [0.05, 0.1) is 27.6 Å². The van der Waals surface area contributed by atoms with Gasteiger partial charge >= 0.3 is 0 Å². The predicted octanol–water partition coefficient (Wildman–Crippen LogP) is 4.13. The van der Waals surface area contributed by atoms with Crippen LogP contribution in [-0.2, 0) is 9.84 Å². The van der Waals surface area contributed by atoms with Gasteiger partial charge in [0.2, 0.25) is 0 Å². The Morgan fingerprint density at radius 3 is 2.50 bits per heavy atom. The van der Waals surface area contributed by atoms with E-state index in [0.29, 0.717) is 27.2 Å². The first kappa shape index (κ1) is 16.5. The largest absolute Gasteiger partial charge is 0.462 e. The van der Waals surface area contributed by atoms with E-state index >= 15 is 0 Å². The summed E-state index contributed by atoms with van der Waals surface area (Å²) < 4.78 is 29.0. The fourth-order valence-electron chi connectivity index (χ4n) is 2.30. The number of furan rings is 1. The maximum Gasteiger partial charge on any atom is 0.255 e. The Morgan fingerprint density at radius 2 is 1.83 bits per heavy atom. The third-order valence-electron chi connectivity index (χ3n) is 3.67. The van der Waals surface area contributed by atoms with Crippen molar-refractivity contribution < 1.29 is 17.6 Å². The summed E-state index contributed by atoms with van der Waals surface area (Å²) in [6, 6.07) is 10.9. The van der Waals surface area contributed by atoms with Crippen LogP contribution < -0.4 is 5.32 Å². The molecule has 3 rings (SSSR count). The van der Waals surface area contributed by atoms with E-state index in [0.717, 1.165) is 0 Å². The summed E-state index contributed by atoms with van der Waals surface area (Å²) in [6.07, 6.45) is 1.50. The molecule has 124 valence electrons. The van der Waals surface area contributed by atoms with Gasteiger partial charge in [-0.05, 0) is 42.5 Å². The number of rotatable bonds is 4. The normalized spacial score (nSPS) is 11.6.